The maximum absolute atomic E-state index is 14.3. The number of rotatable bonds is 9. The van der Waals surface area contributed by atoms with Crippen molar-refractivity contribution in [1.82, 2.24) is 4.57 Å². The van der Waals surface area contributed by atoms with Gasteiger partial charge < -0.3 is 14.2 Å². The average Bonchev–Trinajstić information content (AvgIpc) is 3.44. The number of carbonyl (C=O) groups excluding carboxylic acids is 1. The van der Waals surface area contributed by atoms with Crippen LogP contribution in [0, 0.1) is 0 Å². The minimum absolute atomic E-state index is 0.181. The number of halogens is 1. The molecule has 7 nitrogen and oxygen atoms in total. The van der Waals surface area contributed by atoms with Crippen molar-refractivity contribution in [3.05, 3.63) is 167 Å². The molecule has 0 aliphatic carbocycles. The van der Waals surface area contributed by atoms with Crippen LogP contribution in [0.5, 0.6) is 11.5 Å². The number of fused-ring (bicyclic) bond motifs is 2. The molecule has 5 aromatic carbocycles. The summed E-state index contributed by atoms with van der Waals surface area (Å²) in [4.78, 5) is 33.4. The van der Waals surface area contributed by atoms with Crippen molar-refractivity contribution in [2.45, 2.75) is 19.6 Å². The summed E-state index contributed by atoms with van der Waals surface area (Å²) in [5, 5.41) is 2.32. The van der Waals surface area contributed by atoms with Crippen molar-refractivity contribution in [2.75, 3.05) is 13.7 Å². The molecule has 0 fully saturated rings. The zero-order chi connectivity index (χ0) is 33.9. The summed E-state index contributed by atoms with van der Waals surface area (Å²) in [5.41, 5.74) is 3.91. The van der Waals surface area contributed by atoms with Crippen molar-refractivity contribution >= 4 is 55.8 Å². The molecule has 0 unspecified atom stereocenters. The third-order valence-corrected chi connectivity index (χ3v) is 9.92. The van der Waals surface area contributed by atoms with Crippen molar-refractivity contribution < 1.29 is 19.0 Å². The molecule has 9 heteroatoms. The first-order valence-electron chi connectivity index (χ1n) is 15.8. The van der Waals surface area contributed by atoms with Gasteiger partial charge in [-0.05, 0) is 80.7 Å². The summed E-state index contributed by atoms with van der Waals surface area (Å²) in [6.45, 7) is 2.35. The number of ether oxygens (including phenoxy) is 3. The number of carbonyl (C=O) groups is 1. The molecule has 6 aromatic rings. The zero-order valence-electron chi connectivity index (χ0n) is 26.8. The number of hydrogen-bond donors (Lipinski definition) is 0. The molecule has 1 atom stereocenters. The van der Waals surface area contributed by atoms with E-state index in [1.807, 2.05) is 97.1 Å². The fourth-order valence-corrected chi connectivity index (χ4v) is 7.50. The smallest absolute Gasteiger partial charge is 0.338 e. The van der Waals surface area contributed by atoms with E-state index in [9.17, 15) is 9.59 Å². The number of esters is 1. The van der Waals surface area contributed by atoms with Gasteiger partial charge in [-0.3, -0.25) is 9.36 Å². The van der Waals surface area contributed by atoms with E-state index in [-0.39, 0.29) is 12.2 Å². The quantitative estimate of drug-likeness (QED) is 0.145. The minimum atomic E-state index is -0.768. The number of nitrogens with zero attached hydrogens (tertiary/aromatic N) is 2. The Bertz CT molecular complexity index is 2390. The molecule has 0 spiro atoms. The van der Waals surface area contributed by atoms with Crippen molar-refractivity contribution in [1.29, 1.82) is 0 Å². The van der Waals surface area contributed by atoms with E-state index in [0.29, 0.717) is 38.7 Å². The van der Waals surface area contributed by atoms with Crippen LogP contribution in [-0.2, 0) is 16.1 Å². The monoisotopic (exact) mass is 730 g/mol. The first-order valence-corrected chi connectivity index (χ1v) is 17.4. The van der Waals surface area contributed by atoms with Crippen LogP contribution < -0.4 is 24.4 Å². The maximum Gasteiger partial charge on any atom is 0.338 e. The first-order chi connectivity index (χ1) is 23.9. The molecule has 0 bridgehead atoms. The topological polar surface area (TPSA) is 79.1 Å². The fourth-order valence-electron chi connectivity index (χ4n) is 5.99. The highest BCUT2D eigenvalue weighted by Crippen LogP contribution is 2.36. The number of benzene rings is 5. The average molecular weight is 732 g/mol. The van der Waals surface area contributed by atoms with E-state index in [2.05, 4.69) is 40.2 Å². The van der Waals surface area contributed by atoms with Gasteiger partial charge in [-0.15, -0.1) is 0 Å². The van der Waals surface area contributed by atoms with Gasteiger partial charge in [-0.1, -0.05) is 102 Å². The molecule has 2 heterocycles. The lowest BCUT2D eigenvalue weighted by atomic mass is 9.93. The summed E-state index contributed by atoms with van der Waals surface area (Å²) >= 11 is 4.95. The van der Waals surface area contributed by atoms with Gasteiger partial charge in [0.2, 0.25) is 0 Å². The number of aromatic nitrogens is 1. The molecule has 0 radical (unpaired) electrons. The third kappa shape index (κ3) is 6.47. The van der Waals surface area contributed by atoms with Crippen LogP contribution in [0.2, 0.25) is 0 Å². The molecule has 1 aliphatic heterocycles. The molecule has 0 saturated heterocycles. The van der Waals surface area contributed by atoms with Crippen LogP contribution in [0.15, 0.2) is 135 Å². The van der Waals surface area contributed by atoms with Crippen molar-refractivity contribution in [3.8, 4) is 11.5 Å². The Hall–Kier alpha value is -5.25. The fraction of sp³-hybridized carbons (Fsp3) is 0.125. The van der Waals surface area contributed by atoms with Crippen LogP contribution in [0.3, 0.4) is 0 Å². The molecular formula is C40H31BrN2O5S. The van der Waals surface area contributed by atoms with Gasteiger partial charge >= 0.3 is 5.97 Å². The van der Waals surface area contributed by atoms with Crippen LogP contribution in [0.25, 0.3) is 22.5 Å². The summed E-state index contributed by atoms with van der Waals surface area (Å²) in [6.07, 6.45) is 1.84. The maximum atomic E-state index is 14.3. The van der Waals surface area contributed by atoms with E-state index < -0.39 is 12.0 Å². The van der Waals surface area contributed by atoms with Gasteiger partial charge in [0.1, 0.15) is 18.1 Å². The minimum Gasteiger partial charge on any atom is -0.497 e. The van der Waals surface area contributed by atoms with E-state index in [0.717, 1.165) is 32.1 Å². The predicted octanol–water partition coefficient (Wildman–Crippen LogP) is 7.44. The second-order valence-corrected chi connectivity index (χ2v) is 13.2. The van der Waals surface area contributed by atoms with Crippen molar-refractivity contribution in [3.63, 3.8) is 0 Å². The SMILES string of the molecule is CCOC(=O)C1=C(c2ccccc2)N=c2s/c(=C\c3ccc(OCc4cccc5ccccc45)c(Br)c3)c(=O)n2[C@@H]1c1ccc(OC)cc1. The Morgan fingerprint density at radius 1 is 0.939 bits per heavy atom. The molecule has 7 rings (SSSR count). The number of hydrogen-bond acceptors (Lipinski definition) is 7. The van der Waals surface area contributed by atoms with E-state index in [1.54, 1.807) is 18.6 Å². The lowest BCUT2D eigenvalue weighted by Crippen LogP contribution is -2.40. The third-order valence-electron chi connectivity index (χ3n) is 8.32. The predicted molar refractivity (Wildman–Crippen MR) is 196 cm³/mol. The molecule has 0 amide bonds. The summed E-state index contributed by atoms with van der Waals surface area (Å²) in [6, 6.07) is 36.3. The molecular weight excluding hydrogens is 700 g/mol. The Labute approximate surface area is 295 Å². The summed E-state index contributed by atoms with van der Waals surface area (Å²) in [7, 11) is 1.59. The molecule has 1 aliphatic rings. The van der Waals surface area contributed by atoms with Crippen LogP contribution in [-0.4, -0.2) is 24.3 Å². The second-order valence-electron chi connectivity index (χ2n) is 11.3. The Kier molecular flexibility index (Phi) is 9.28. The number of thiazole rings is 1. The molecule has 0 N–H and O–H groups in total. The van der Waals surface area contributed by atoms with Gasteiger partial charge in [0.25, 0.3) is 5.56 Å². The highest BCUT2D eigenvalue weighted by atomic mass is 79.9. The molecule has 244 valence electrons. The van der Waals surface area contributed by atoms with E-state index in [1.165, 1.54) is 16.7 Å². The Morgan fingerprint density at radius 2 is 1.69 bits per heavy atom. The Balaban J connectivity index is 1.30. The first kappa shape index (κ1) is 32.3. The van der Waals surface area contributed by atoms with Crippen LogP contribution in [0.1, 0.15) is 35.2 Å². The van der Waals surface area contributed by atoms with Gasteiger partial charge in [-0.25, -0.2) is 9.79 Å². The van der Waals surface area contributed by atoms with E-state index in [4.69, 9.17) is 19.2 Å². The Morgan fingerprint density at radius 3 is 2.45 bits per heavy atom. The largest absolute Gasteiger partial charge is 0.497 e. The van der Waals surface area contributed by atoms with Gasteiger partial charge in [-0.2, -0.15) is 0 Å². The van der Waals surface area contributed by atoms with Gasteiger partial charge in [0.15, 0.2) is 4.80 Å². The number of methoxy groups -OCH3 is 1. The van der Waals surface area contributed by atoms with Gasteiger partial charge in [0, 0.05) is 5.56 Å². The van der Waals surface area contributed by atoms with Crippen molar-refractivity contribution in [2.24, 2.45) is 4.99 Å². The highest BCUT2D eigenvalue weighted by Gasteiger charge is 2.35. The summed E-state index contributed by atoms with van der Waals surface area (Å²) in [5.74, 6) is 0.831. The van der Waals surface area contributed by atoms with E-state index >= 15 is 0 Å². The zero-order valence-corrected chi connectivity index (χ0v) is 29.2. The molecule has 1 aromatic heterocycles. The highest BCUT2D eigenvalue weighted by molar-refractivity contribution is 9.10. The summed E-state index contributed by atoms with van der Waals surface area (Å²) < 4.78 is 20.0. The molecule has 0 saturated carbocycles. The lowest BCUT2D eigenvalue weighted by Gasteiger charge is -2.26. The second kappa shape index (κ2) is 14.1. The van der Waals surface area contributed by atoms with Crippen LogP contribution >= 0.6 is 27.3 Å². The lowest BCUT2D eigenvalue weighted by molar-refractivity contribution is -0.138. The standard InChI is InChI=1S/C40H31BrN2O5S/c1-3-47-39(45)35-36(27-11-5-4-6-12-27)42-40-43(37(35)28-17-19-30(46-2)20-18-28)38(44)34(49-40)23-25-16-21-33(32(41)22-25)48-24-29-14-9-13-26-10-7-8-15-31(26)29/h4-23,37H,3,24H2,1-2H3/b34-23-/t37-/m1/s1. The normalized spacial score (nSPS) is 14.3. The van der Waals surface area contributed by atoms with Gasteiger partial charge in [0.05, 0.1) is 40.0 Å². The van der Waals surface area contributed by atoms with Crippen LogP contribution in [0.4, 0.5) is 0 Å². The molecule has 49 heavy (non-hydrogen) atoms.